The second kappa shape index (κ2) is 7.83. The molecule has 2 heterocycles. The molecule has 0 aliphatic heterocycles. The molecule has 0 aliphatic carbocycles. The summed E-state index contributed by atoms with van der Waals surface area (Å²) in [6.07, 6.45) is 3.14. The van der Waals surface area contributed by atoms with Gasteiger partial charge in [0, 0.05) is 17.4 Å². The van der Waals surface area contributed by atoms with E-state index in [2.05, 4.69) is 17.2 Å². The van der Waals surface area contributed by atoms with Crippen LogP contribution in [0, 0.1) is 12.7 Å². The SMILES string of the molecule is CCCc1c(C(=O)Nc2ccc(F)cc2)cnc2c(-c3ccccc3)c(C)nn12. The average molecular weight is 388 g/mol. The van der Waals surface area contributed by atoms with Crippen molar-refractivity contribution >= 4 is 17.2 Å². The van der Waals surface area contributed by atoms with Gasteiger partial charge in [0.2, 0.25) is 0 Å². The molecule has 4 aromatic rings. The van der Waals surface area contributed by atoms with E-state index in [4.69, 9.17) is 5.10 Å². The number of fused-ring (bicyclic) bond motifs is 1. The molecule has 2 aromatic heterocycles. The van der Waals surface area contributed by atoms with E-state index < -0.39 is 0 Å². The number of aromatic nitrogens is 3. The van der Waals surface area contributed by atoms with Gasteiger partial charge in [-0.25, -0.2) is 13.9 Å². The number of amides is 1. The van der Waals surface area contributed by atoms with E-state index >= 15 is 0 Å². The van der Waals surface area contributed by atoms with Gasteiger partial charge in [0.05, 0.1) is 17.0 Å². The largest absolute Gasteiger partial charge is 0.322 e. The maximum Gasteiger partial charge on any atom is 0.259 e. The van der Waals surface area contributed by atoms with E-state index in [0.29, 0.717) is 17.7 Å². The lowest BCUT2D eigenvalue weighted by molar-refractivity contribution is 0.102. The van der Waals surface area contributed by atoms with Gasteiger partial charge in [0.15, 0.2) is 5.65 Å². The zero-order valence-electron chi connectivity index (χ0n) is 16.3. The lowest BCUT2D eigenvalue weighted by Gasteiger charge is -2.11. The zero-order valence-corrected chi connectivity index (χ0v) is 16.3. The summed E-state index contributed by atoms with van der Waals surface area (Å²) in [5.74, 6) is -0.637. The lowest BCUT2D eigenvalue weighted by Crippen LogP contribution is -2.17. The first-order valence-corrected chi connectivity index (χ1v) is 9.58. The molecule has 1 N–H and O–H groups in total. The van der Waals surface area contributed by atoms with Crippen LogP contribution in [0.3, 0.4) is 0 Å². The summed E-state index contributed by atoms with van der Waals surface area (Å²) in [5.41, 5.74) is 5.40. The minimum absolute atomic E-state index is 0.288. The van der Waals surface area contributed by atoms with Crippen LogP contribution in [0.1, 0.15) is 35.1 Å². The number of benzene rings is 2. The predicted molar refractivity (Wildman–Crippen MR) is 112 cm³/mol. The second-order valence-electron chi connectivity index (χ2n) is 6.89. The van der Waals surface area contributed by atoms with Crippen molar-refractivity contribution < 1.29 is 9.18 Å². The van der Waals surface area contributed by atoms with Gasteiger partial charge in [-0.2, -0.15) is 5.10 Å². The highest BCUT2D eigenvalue weighted by atomic mass is 19.1. The summed E-state index contributed by atoms with van der Waals surface area (Å²) in [6.45, 7) is 4.01. The van der Waals surface area contributed by atoms with Crippen LogP contribution in [-0.2, 0) is 6.42 Å². The first-order chi connectivity index (χ1) is 14.1. The molecule has 0 radical (unpaired) electrons. The third-order valence-electron chi connectivity index (χ3n) is 4.81. The molecular formula is C23H21FN4O. The van der Waals surface area contributed by atoms with Crippen molar-refractivity contribution in [3.63, 3.8) is 0 Å². The number of aryl methyl sites for hydroxylation is 2. The summed E-state index contributed by atoms with van der Waals surface area (Å²) >= 11 is 0. The van der Waals surface area contributed by atoms with Gasteiger partial charge in [0.1, 0.15) is 5.82 Å². The smallest absolute Gasteiger partial charge is 0.259 e. The van der Waals surface area contributed by atoms with Crippen LogP contribution in [0.5, 0.6) is 0 Å². The normalized spacial score (nSPS) is 11.0. The first kappa shape index (κ1) is 18.8. The molecule has 0 fully saturated rings. The summed E-state index contributed by atoms with van der Waals surface area (Å²) in [5, 5.41) is 7.51. The Morgan fingerprint density at radius 1 is 1.10 bits per heavy atom. The molecule has 0 saturated carbocycles. The van der Waals surface area contributed by atoms with Crippen molar-refractivity contribution in [1.82, 2.24) is 14.6 Å². The Balaban J connectivity index is 1.80. The quantitative estimate of drug-likeness (QED) is 0.521. The molecule has 0 unspecified atom stereocenters. The monoisotopic (exact) mass is 388 g/mol. The van der Waals surface area contributed by atoms with Gasteiger partial charge >= 0.3 is 0 Å². The van der Waals surface area contributed by atoms with Gasteiger partial charge in [-0.05, 0) is 43.2 Å². The van der Waals surface area contributed by atoms with Gasteiger partial charge in [-0.3, -0.25) is 4.79 Å². The van der Waals surface area contributed by atoms with Crippen LogP contribution in [0.4, 0.5) is 10.1 Å². The number of nitrogens with zero attached hydrogens (tertiary/aromatic N) is 3. The van der Waals surface area contributed by atoms with E-state index in [1.165, 1.54) is 24.3 Å². The van der Waals surface area contributed by atoms with Crippen LogP contribution in [0.25, 0.3) is 16.8 Å². The van der Waals surface area contributed by atoms with Crippen LogP contribution < -0.4 is 5.32 Å². The van der Waals surface area contributed by atoms with Gasteiger partial charge in [-0.1, -0.05) is 43.7 Å². The van der Waals surface area contributed by atoms with E-state index in [-0.39, 0.29) is 11.7 Å². The predicted octanol–water partition coefficient (Wildman–Crippen LogP) is 5.05. The summed E-state index contributed by atoms with van der Waals surface area (Å²) in [4.78, 5) is 17.5. The molecule has 29 heavy (non-hydrogen) atoms. The van der Waals surface area contributed by atoms with Crippen molar-refractivity contribution in [3.05, 3.63) is 83.6 Å². The molecule has 146 valence electrons. The minimum atomic E-state index is -0.349. The molecule has 4 rings (SSSR count). The molecule has 6 heteroatoms. The summed E-state index contributed by atoms with van der Waals surface area (Å²) < 4.78 is 14.9. The number of hydrogen-bond donors (Lipinski definition) is 1. The van der Waals surface area contributed by atoms with E-state index in [9.17, 15) is 9.18 Å². The Labute approximate surface area is 168 Å². The maximum atomic E-state index is 13.1. The lowest BCUT2D eigenvalue weighted by atomic mass is 10.1. The van der Waals surface area contributed by atoms with Crippen molar-refractivity contribution in [3.8, 4) is 11.1 Å². The molecule has 0 saturated heterocycles. The Bertz CT molecular complexity index is 1170. The highest BCUT2D eigenvalue weighted by molar-refractivity contribution is 6.05. The average Bonchev–Trinajstić information content (AvgIpc) is 3.07. The Hall–Kier alpha value is -3.54. The fourth-order valence-electron chi connectivity index (χ4n) is 3.48. The molecule has 0 atom stereocenters. The maximum absolute atomic E-state index is 13.1. The van der Waals surface area contributed by atoms with Gasteiger partial charge in [0.25, 0.3) is 5.91 Å². The molecule has 0 aliphatic rings. The third-order valence-corrected chi connectivity index (χ3v) is 4.81. The molecule has 1 amide bonds. The highest BCUT2D eigenvalue weighted by Gasteiger charge is 2.20. The fourth-order valence-corrected chi connectivity index (χ4v) is 3.48. The number of hydrogen-bond acceptors (Lipinski definition) is 3. The summed E-state index contributed by atoms with van der Waals surface area (Å²) in [7, 11) is 0. The fraction of sp³-hybridized carbons (Fsp3) is 0.174. The van der Waals surface area contributed by atoms with E-state index in [1.807, 2.05) is 37.3 Å². The number of halogens is 1. The van der Waals surface area contributed by atoms with Crippen LogP contribution >= 0.6 is 0 Å². The second-order valence-corrected chi connectivity index (χ2v) is 6.89. The zero-order chi connectivity index (χ0) is 20.4. The minimum Gasteiger partial charge on any atom is -0.322 e. The molecule has 5 nitrogen and oxygen atoms in total. The van der Waals surface area contributed by atoms with Gasteiger partial charge in [-0.15, -0.1) is 0 Å². The molecule has 2 aromatic carbocycles. The summed E-state index contributed by atoms with van der Waals surface area (Å²) in [6, 6.07) is 15.7. The Morgan fingerprint density at radius 3 is 2.52 bits per heavy atom. The third kappa shape index (κ3) is 3.61. The van der Waals surface area contributed by atoms with Crippen LogP contribution in [0.2, 0.25) is 0 Å². The highest BCUT2D eigenvalue weighted by Crippen LogP contribution is 2.28. The number of carbonyl (C=O) groups excluding carboxylic acids is 1. The van der Waals surface area contributed by atoms with Crippen molar-refractivity contribution in [2.45, 2.75) is 26.7 Å². The van der Waals surface area contributed by atoms with E-state index in [0.717, 1.165) is 34.6 Å². The number of rotatable bonds is 5. The molecule has 0 spiro atoms. The standard InChI is InChI=1S/C23H21FN4O/c1-3-7-20-19(23(29)26-18-12-10-17(24)11-13-18)14-25-22-21(15(2)27-28(20)22)16-8-5-4-6-9-16/h4-6,8-14H,3,7H2,1-2H3,(H,26,29). The van der Waals surface area contributed by atoms with Crippen molar-refractivity contribution in [2.24, 2.45) is 0 Å². The van der Waals surface area contributed by atoms with Crippen molar-refractivity contribution in [2.75, 3.05) is 5.32 Å². The van der Waals surface area contributed by atoms with Crippen LogP contribution in [0.15, 0.2) is 60.8 Å². The van der Waals surface area contributed by atoms with E-state index in [1.54, 1.807) is 10.7 Å². The Kier molecular flexibility index (Phi) is 5.08. The Morgan fingerprint density at radius 2 is 1.83 bits per heavy atom. The number of nitrogens with one attached hydrogen (secondary N) is 1. The van der Waals surface area contributed by atoms with Gasteiger partial charge < -0.3 is 5.32 Å². The van der Waals surface area contributed by atoms with Crippen LogP contribution in [-0.4, -0.2) is 20.5 Å². The first-order valence-electron chi connectivity index (χ1n) is 9.58. The number of anilines is 1. The van der Waals surface area contributed by atoms with Crippen molar-refractivity contribution in [1.29, 1.82) is 0 Å². The topological polar surface area (TPSA) is 59.3 Å². The number of carbonyl (C=O) groups is 1. The molecular weight excluding hydrogens is 367 g/mol. The molecule has 0 bridgehead atoms.